The molecule has 1 aromatic heterocycles. The molecule has 2 aromatic carbocycles. The third-order valence-electron chi connectivity index (χ3n) is 6.08. The van der Waals surface area contributed by atoms with Crippen molar-refractivity contribution < 1.29 is 9.53 Å². The summed E-state index contributed by atoms with van der Waals surface area (Å²) in [6.07, 6.45) is 2.88. The van der Waals surface area contributed by atoms with Crippen molar-refractivity contribution in [1.82, 2.24) is 14.9 Å². The van der Waals surface area contributed by atoms with Crippen LogP contribution in [0.25, 0.3) is 0 Å². The first-order chi connectivity index (χ1) is 17.3. The van der Waals surface area contributed by atoms with E-state index >= 15 is 0 Å². The minimum atomic E-state index is -0.497. The van der Waals surface area contributed by atoms with Gasteiger partial charge >= 0.3 is 6.09 Å². The molecule has 0 saturated carbocycles. The van der Waals surface area contributed by atoms with E-state index in [4.69, 9.17) is 10.5 Å². The number of nitrogens with zero attached hydrogens (tertiary/aromatic N) is 4. The van der Waals surface area contributed by atoms with E-state index in [0.29, 0.717) is 43.5 Å². The van der Waals surface area contributed by atoms with E-state index in [9.17, 15) is 4.79 Å². The molecular weight excluding hydrogens is 452 g/mol. The predicted molar refractivity (Wildman–Crippen MR) is 144 cm³/mol. The lowest BCUT2D eigenvalue weighted by Crippen LogP contribution is -2.44. The van der Waals surface area contributed by atoms with Gasteiger partial charge in [-0.25, -0.2) is 14.8 Å². The average molecular weight is 489 g/mol. The van der Waals surface area contributed by atoms with Crippen molar-refractivity contribution in [1.29, 1.82) is 0 Å². The molecule has 1 aliphatic heterocycles. The number of hydrogen-bond donors (Lipinski definition) is 2. The minimum absolute atomic E-state index is 0.158. The van der Waals surface area contributed by atoms with Gasteiger partial charge in [0.05, 0.1) is 0 Å². The Bertz CT molecular complexity index is 1080. The highest BCUT2D eigenvalue weighted by molar-refractivity contribution is 5.75. The lowest BCUT2D eigenvalue weighted by atomic mass is 10.1. The molecule has 190 valence electrons. The van der Waals surface area contributed by atoms with Crippen LogP contribution in [-0.2, 0) is 17.8 Å². The summed E-state index contributed by atoms with van der Waals surface area (Å²) in [5.74, 6) is 1.33. The van der Waals surface area contributed by atoms with Crippen LogP contribution in [0.4, 0.5) is 22.1 Å². The molecule has 0 atom stereocenters. The Morgan fingerprint density at radius 1 is 1.00 bits per heavy atom. The average Bonchev–Trinajstić information content (AvgIpc) is 2.86. The van der Waals surface area contributed by atoms with Gasteiger partial charge < -0.3 is 25.6 Å². The van der Waals surface area contributed by atoms with Gasteiger partial charge in [-0.05, 0) is 44.7 Å². The normalized spacial score (nSPS) is 14.4. The summed E-state index contributed by atoms with van der Waals surface area (Å²) >= 11 is 0. The summed E-state index contributed by atoms with van der Waals surface area (Å²) in [5.41, 5.74) is 9.02. The fourth-order valence-electron chi connectivity index (χ4n) is 4.29. The molecule has 1 fully saturated rings. The molecule has 8 heteroatoms. The molecule has 0 unspecified atom stereocenters. The predicted octanol–water partition coefficient (Wildman–Crippen LogP) is 5.08. The molecule has 36 heavy (non-hydrogen) atoms. The number of aromatic nitrogens is 2. The number of carbonyl (C=O) groups is 1. The molecule has 3 aromatic rings. The molecule has 0 aliphatic carbocycles. The minimum Gasteiger partial charge on any atom is -0.444 e. The van der Waals surface area contributed by atoms with E-state index in [0.717, 1.165) is 12.8 Å². The van der Waals surface area contributed by atoms with E-state index in [-0.39, 0.29) is 12.1 Å². The van der Waals surface area contributed by atoms with Crippen molar-refractivity contribution >= 4 is 23.4 Å². The molecule has 1 saturated heterocycles. The standard InChI is InChI=1S/C28H36N6O2/c1-28(2,3)36-27(35)33-16-14-23(15-17-33)32-25-24(29)26(31-20-30-25)34(18-21-10-6-4-7-11-21)19-22-12-8-5-9-13-22/h4-13,20,23H,14-19,29H2,1-3H3,(H,30,31,32). The second kappa shape index (κ2) is 11.3. The Morgan fingerprint density at radius 3 is 2.08 bits per heavy atom. The zero-order valence-electron chi connectivity index (χ0n) is 21.4. The Hall–Kier alpha value is -3.81. The van der Waals surface area contributed by atoms with Crippen molar-refractivity contribution in [2.75, 3.05) is 29.0 Å². The van der Waals surface area contributed by atoms with E-state index < -0.39 is 5.60 Å². The summed E-state index contributed by atoms with van der Waals surface area (Å²) in [6, 6.07) is 20.8. The number of ether oxygens (including phenoxy) is 1. The molecule has 1 aliphatic rings. The number of likely N-dealkylation sites (tertiary alicyclic amines) is 1. The summed E-state index contributed by atoms with van der Waals surface area (Å²) in [4.78, 5) is 25.4. The highest BCUT2D eigenvalue weighted by Crippen LogP contribution is 2.30. The summed E-state index contributed by atoms with van der Waals surface area (Å²) < 4.78 is 5.51. The van der Waals surface area contributed by atoms with Gasteiger partial charge in [-0.2, -0.15) is 0 Å². The van der Waals surface area contributed by atoms with E-state index in [1.165, 1.54) is 11.1 Å². The van der Waals surface area contributed by atoms with Crippen molar-refractivity contribution in [3.8, 4) is 0 Å². The van der Waals surface area contributed by atoms with Crippen LogP contribution < -0.4 is 16.0 Å². The highest BCUT2D eigenvalue weighted by atomic mass is 16.6. The van der Waals surface area contributed by atoms with Crippen molar-refractivity contribution in [2.24, 2.45) is 0 Å². The lowest BCUT2D eigenvalue weighted by Gasteiger charge is -2.34. The lowest BCUT2D eigenvalue weighted by molar-refractivity contribution is 0.0210. The maximum absolute atomic E-state index is 12.4. The zero-order valence-corrected chi connectivity index (χ0v) is 21.4. The highest BCUT2D eigenvalue weighted by Gasteiger charge is 2.27. The quantitative estimate of drug-likeness (QED) is 0.479. The van der Waals surface area contributed by atoms with Gasteiger partial charge in [-0.1, -0.05) is 60.7 Å². The third-order valence-corrected chi connectivity index (χ3v) is 6.08. The van der Waals surface area contributed by atoms with Gasteiger partial charge in [0.2, 0.25) is 0 Å². The largest absolute Gasteiger partial charge is 0.444 e. The van der Waals surface area contributed by atoms with Crippen LogP contribution >= 0.6 is 0 Å². The molecule has 1 amide bonds. The number of hydrogen-bond acceptors (Lipinski definition) is 7. The fraction of sp³-hybridized carbons (Fsp3) is 0.393. The van der Waals surface area contributed by atoms with Crippen LogP contribution in [0.1, 0.15) is 44.7 Å². The number of piperidine rings is 1. The van der Waals surface area contributed by atoms with Gasteiger partial charge in [-0.3, -0.25) is 0 Å². The van der Waals surface area contributed by atoms with Gasteiger partial charge in [0.15, 0.2) is 11.6 Å². The van der Waals surface area contributed by atoms with Crippen LogP contribution in [0.15, 0.2) is 67.0 Å². The number of carbonyl (C=O) groups excluding carboxylic acids is 1. The van der Waals surface area contributed by atoms with Gasteiger partial charge in [0.25, 0.3) is 0 Å². The molecule has 2 heterocycles. The van der Waals surface area contributed by atoms with Gasteiger partial charge in [0, 0.05) is 32.2 Å². The summed E-state index contributed by atoms with van der Waals surface area (Å²) in [5, 5.41) is 3.50. The van der Waals surface area contributed by atoms with Gasteiger partial charge in [-0.15, -0.1) is 0 Å². The van der Waals surface area contributed by atoms with Crippen molar-refractivity contribution in [3.63, 3.8) is 0 Å². The summed E-state index contributed by atoms with van der Waals surface area (Å²) in [6.45, 7) is 8.24. The number of nitrogens with one attached hydrogen (secondary N) is 1. The van der Waals surface area contributed by atoms with Crippen molar-refractivity contribution in [3.05, 3.63) is 78.1 Å². The molecule has 0 bridgehead atoms. The fourth-order valence-corrected chi connectivity index (χ4v) is 4.29. The molecule has 4 rings (SSSR count). The summed E-state index contributed by atoms with van der Waals surface area (Å²) in [7, 11) is 0. The maximum atomic E-state index is 12.4. The second-order valence-corrected chi connectivity index (χ2v) is 10.2. The van der Waals surface area contributed by atoms with Crippen LogP contribution in [0.3, 0.4) is 0 Å². The zero-order chi connectivity index (χ0) is 25.5. The number of amides is 1. The van der Waals surface area contributed by atoms with Crippen LogP contribution in [0.5, 0.6) is 0 Å². The van der Waals surface area contributed by atoms with E-state index in [2.05, 4.69) is 44.5 Å². The van der Waals surface area contributed by atoms with E-state index in [1.807, 2.05) is 57.2 Å². The maximum Gasteiger partial charge on any atom is 0.410 e. The van der Waals surface area contributed by atoms with Gasteiger partial charge in [0.1, 0.15) is 17.6 Å². The molecule has 8 nitrogen and oxygen atoms in total. The first kappa shape index (κ1) is 25.3. The SMILES string of the molecule is CC(C)(C)OC(=O)N1CCC(Nc2ncnc(N(Cc3ccccc3)Cc3ccccc3)c2N)CC1. The van der Waals surface area contributed by atoms with E-state index in [1.54, 1.807) is 11.2 Å². The van der Waals surface area contributed by atoms with Crippen molar-refractivity contribution in [2.45, 2.75) is 58.3 Å². The molecule has 3 N–H and O–H groups in total. The smallest absolute Gasteiger partial charge is 0.410 e. The van der Waals surface area contributed by atoms with Crippen LogP contribution in [0, 0.1) is 0 Å². The molecule has 0 radical (unpaired) electrons. The first-order valence-electron chi connectivity index (χ1n) is 12.5. The number of nitrogen functional groups attached to an aromatic ring is 1. The Morgan fingerprint density at radius 2 is 1.56 bits per heavy atom. The molecular formula is C28H36N6O2. The topological polar surface area (TPSA) is 96.6 Å². The monoisotopic (exact) mass is 488 g/mol. The number of anilines is 3. The van der Waals surface area contributed by atoms with Crippen LogP contribution in [0.2, 0.25) is 0 Å². The number of nitrogens with two attached hydrogens (primary N) is 1. The Kier molecular flexibility index (Phi) is 7.93. The number of rotatable bonds is 7. The van der Waals surface area contributed by atoms with Crippen LogP contribution in [-0.4, -0.2) is 45.7 Å². The first-order valence-corrected chi connectivity index (χ1v) is 12.5. The molecule has 0 spiro atoms. The Balaban J connectivity index is 1.47. The number of benzene rings is 2. The second-order valence-electron chi connectivity index (χ2n) is 10.2. The Labute approximate surface area is 213 Å². The third kappa shape index (κ3) is 6.87.